The van der Waals surface area contributed by atoms with Gasteiger partial charge in [-0.05, 0) is 45.0 Å². The quantitative estimate of drug-likeness (QED) is 0.712. The van der Waals surface area contributed by atoms with E-state index in [0.717, 1.165) is 13.0 Å². The Morgan fingerprint density at radius 2 is 2.26 bits per heavy atom. The van der Waals surface area contributed by atoms with Crippen LogP contribution < -0.4 is 11.1 Å². The second-order valence-electron chi connectivity index (χ2n) is 6.91. The van der Waals surface area contributed by atoms with Crippen molar-refractivity contribution >= 4 is 17.4 Å². The molecule has 0 bridgehead atoms. The standard InChI is InChI=1S/C19H23N7O/c1-25-10-4-5-14(25)7-9-22-19(27)13-11-23-18-16(15-6-2-3-8-21-15)17(20)24-26(18)12-13/h2-3,6,8,11-12,14H,4-5,7,9-10H2,1H3,(H2,20,24)(H,22,27). The zero-order valence-electron chi connectivity index (χ0n) is 15.3. The third-order valence-electron chi connectivity index (χ3n) is 5.12. The molecular weight excluding hydrogens is 342 g/mol. The lowest BCUT2D eigenvalue weighted by Gasteiger charge is -2.19. The number of anilines is 1. The number of nitrogens with zero attached hydrogens (tertiary/aromatic N) is 5. The summed E-state index contributed by atoms with van der Waals surface area (Å²) in [4.78, 5) is 23.5. The van der Waals surface area contributed by atoms with Gasteiger partial charge in [0, 0.05) is 31.2 Å². The molecule has 0 aliphatic carbocycles. The van der Waals surface area contributed by atoms with Crippen LogP contribution in [0.1, 0.15) is 29.6 Å². The average Bonchev–Trinajstić information content (AvgIpc) is 3.23. The minimum atomic E-state index is -0.154. The van der Waals surface area contributed by atoms with E-state index in [0.29, 0.717) is 40.9 Å². The Labute approximate surface area is 157 Å². The highest BCUT2D eigenvalue weighted by molar-refractivity contribution is 5.94. The van der Waals surface area contributed by atoms with Crippen LogP contribution in [0.15, 0.2) is 36.8 Å². The molecule has 0 aromatic carbocycles. The van der Waals surface area contributed by atoms with E-state index in [1.54, 1.807) is 23.1 Å². The molecule has 8 heteroatoms. The molecule has 4 heterocycles. The minimum absolute atomic E-state index is 0.154. The topological polar surface area (TPSA) is 101 Å². The van der Waals surface area contributed by atoms with E-state index in [-0.39, 0.29) is 5.91 Å². The number of fused-ring (bicyclic) bond motifs is 1. The fourth-order valence-electron chi connectivity index (χ4n) is 3.62. The fraction of sp³-hybridized carbons (Fsp3) is 0.368. The molecule has 0 radical (unpaired) electrons. The zero-order valence-corrected chi connectivity index (χ0v) is 15.3. The second-order valence-corrected chi connectivity index (χ2v) is 6.91. The SMILES string of the molecule is CN1CCCC1CCNC(=O)c1cnc2c(-c3ccccn3)c(N)nn2c1. The van der Waals surface area contributed by atoms with Gasteiger partial charge in [0.25, 0.3) is 5.91 Å². The molecule has 8 nitrogen and oxygen atoms in total. The van der Waals surface area contributed by atoms with Crippen molar-refractivity contribution in [1.82, 2.24) is 29.8 Å². The van der Waals surface area contributed by atoms with Crippen molar-refractivity contribution in [3.8, 4) is 11.3 Å². The first-order valence-corrected chi connectivity index (χ1v) is 9.17. The van der Waals surface area contributed by atoms with Gasteiger partial charge in [-0.1, -0.05) is 6.07 Å². The molecule has 1 fully saturated rings. The van der Waals surface area contributed by atoms with Gasteiger partial charge in [-0.25, -0.2) is 9.50 Å². The Balaban J connectivity index is 1.49. The Hall–Kier alpha value is -3.00. The number of carbonyl (C=O) groups is 1. The van der Waals surface area contributed by atoms with Crippen LogP contribution in [0.2, 0.25) is 0 Å². The molecule has 0 spiro atoms. The van der Waals surface area contributed by atoms with Crippen molar-refractivity contribution in [2.75, 3.05) is 25.9 Å². The summed E-state index contributed by atoms with van der Waals surface area (Å²) in [6, 6.07) is 6.13. The number of nitrogen functional groups attached to an aromatic ring is 1. The molecule has 1 amide bonds. The summed E-state index contributed by atoms with van der Waals surface area (Å²) in [5, 5.41) is 7.26. The molecule has 0 saturated carbocycles. The predicted octanol–water partition coefficient (Wildman–Crippen LogP) is 1.59. The summed E-state index contributed by atoms with van der Waals surface area (Å²) in [6.45, 7) is 1.78. The Kier molecular flexibility index (Phi) is 4.72. The summed E-state index contributed by atoms with van der Waals surface area (Å²) >= 11 is 0. The normalized spacial score (nSPS) is 17.4. The minimum Gasteiger partial charge on any atom is -0.382 e. The van der Waals surface area contributed by atoms with Gasteiger partial charge in [-0.15, -0.1) is 5.10 Å². The lowest BCUT2D eigenvalue weighted by atomic mass is 10.1. The highest BCUT2D eigenvalue weighted by atomic mass is 16.1. The van der Waals surface area contributed by atoms with E-state index in [9.17, 15) is 4.79 Å². The van der Waals surface area contributed by atoms with Gasteiger partial charge in [-0.2, -0.15) is 0 Å². The highest BCUT2D eigenvalue weighted by Crippen LogP contribution is 2.27. The molecule has 1 aliphatic heterocycles. The second kappa shape index (κ2) is 7.32. The predicted molar refractivity (Wildman–Crippen MR) is 103 cm³/mol. The van der Waals surface area contributed by atoms with E-state index in [1.165, 1.54) is 12.8 Å². The molecule has 1 saturated heterocycles. The molecule has 4 rings (SSSR count). The maximum atomic E-state index is 12.5. The van der Waals surface area contributed by atoms with Crippen LogP contribution in [0.3, 0.4) is 0 Å². The molecule has 1 atom stereocenters. The molecule has 3 aromatic heterocycles. The number of likely N-dealkylation sites (tertiary alicyclic amines) is 1. The highest BCUT2D eigenvalue weighted by Gasteiger charge is 2.21. The third kappa shape index (κ3) is 3.48. The first kappa shape index (κ1) is 17.4. The van der Waals surface area contributed by atoms with Gasteiger partial charge in [0.15, 0.2) is 11.5 Å². The van der Waals surface area contributed by atoms with Crippen LogP contribution in [-0.4, -0.2) is 56.6 Å². The van der Waals surface area contributed by atoms with Gasteiger partial charge in [0.2, 0.25) is 0 Å². The van der Waals surface area contributed by atoms with Crippen molar-refractivity contribution in [3.05, 3.63) is 42.4 Å². The first-order valence-electron chi connectivity index (χ1n) is 9.17. The Bertz CT molecular complexity index is 953. The van der Waals surface area contributed by atoms with E-state index in [2.05, 4.69) is 32.3 Å². The largest absolute Gasteiger partial charge is 0.382 e. The number of hydrogen-bond acceptors (Lipinski definition) is 6. The summed E-state index contributed by atoms with van der Waals surface area (Å²) < 4.78 is 1.54. The smallest absolute Gasteiger partial charge is 0.254 e. The number of aromatic nitrogens is 4. The lowest BCUT2D eigenvalue weighted by molar-refractivity contribution is 0.0949. The van der Waals surface area contributed by atoms with Crippen molar-refractivity contribution in [3.63, 3.8) is 0 Å². The molecule has 3 N–H and O–H groups in total. The Morgan fingerprint density at radius 3 is 3.00 bits per heavy atom. The van der Waals surface area contributed by atoms with Crippen molar-refractivity contribution in [2.45, 2.75) is 25.3 Å². The maximum absolute atomic E-state index is 12.5. The number of hydrogen-bond donors (Lipinski definition) is 2. The maximum Gasteiger partial charge on any atom is 0.254 e. The van der Waals surface area contributed by atoms with Gasteiger partial charge < -0.3 is 16.0 Å². The van der Waals surface area contributed by atoms with Crippen LogP contribution in [-0.2, 0) is 0 Å². The molecule has 1 unspecified atom stereocenters. The molecule has 1 aliphatic rings. The van der Waals surface area contributed by atoms with Crippen LogP contribution in [0.5, 0.6) is 0 Å². The zero-order chi connectivity index (χ0) is 18.8. The monoisotopic (exact) mass is 365 g/mol. The van der Waals surface area contributed by atoms with E-state index in [1.807, 2.05) is 18.2 Å². The third-order valence-corrected chi connectivity index (χ3v) is 5.12. The number of amides is 1. The van der Waals surface area contributed by atoms with Gasteiger partial charge in [0.05, 0.1) is 16.8 Å². The summed E-state index contributed by atoms with van der Waals surface area (Å²) in [7, 11) is 2.14. The first-order chi connectivity index (χ1) is 13.1. The molecule has 27 heavy (non-hydrogen) atoms. The van der Waals surface area contributed by atoms with Gasteiger partial charge >= 0.3 is 0 Å². The number of carbonyl (C=O) groups excluding carboxylic acids is 1. The van der Waals surface area contributed by atoms with E-state index >= 15 is 0 Å². The van der Waals surface area contributed by atoms with E-state index in [4.69, 9.17) is 5.73 Å². The fourth-order valence-corrected chi connectivity index (χ4v) is 3.62. The van der Waals surface area contributed by atoms with E-state index < -0.39 is 0 Å². The van der Waals surface area contributed by atoms with Crippen LogP contribution in [0, 0.1) is 0 Å². The van der Waals surface area contributed by atoms with Crippen LogP contribution in [0.4, 0.5) is 5.82 Å². The van der Waals surface area contributed by atoms with Crippen LogP contribution in [0.25, 0.3) is 16.9 Å². The lowest BCUT2D eigenvalue weighted by Crippen LogP contribution is -2.31. The number of nitrogens with one attached hydrogen (secondary N) is 1. The number of rotatable bonds is 5. The summed E-state index contributed by atoms with van der Waals surface area (Å²) in [5.41, 5.74) is 8.47. The summed E-state index contributed by atoms with van der Waals surface area (Å²) in [5.74, 6) is 0.182. The molecular formula is C19H23N7O. The number of nitrogens with two attached hydrogens (primary N) is 1. The molecule has 140 valence electrons. The van der Waals surface area contributed by atoms with Gasteiger partial charge in [0.1, 0.15) is 0 Å². The molecule has 3 aromatic rings. The Morgan fingerprint density at radius 1 is 1.37 bits per heavy atom. The van der Waals surface area contributed by atoms with Crippen LogP contribution >= 0.6 is 0 Å². The van der Waals surface area contributed by atoms with Crippen molar-refractivity contribution in [1.29, 1.82) is 0 Å². The number of pyridine rings is 1. The van der Waals surface area contributed by atoms with Crippen molar-refractivity contribution in [2.24, 2.45) is 0 Å². The average molecular weight is 365 g/mol. The van der Waals surface area contributed by atoms with Crippen molar-refractivity contribution < 1.29 is 4.79 Å². The van der Waals surface area contributed by atoms with Gasteiger partial charge in [-0.3, -0.25) is 9.78 Å². The summed E-state index contributed by atoms with van der Waals surface area (Å²) in [6.07, 6.45) is 8.29.